The zero-order chi connectivity index (χ0) is 9.97. The van der Waals surface area contributed by atoms with Crippen LogP contribution in [0.25, 0.3) is 0 Å². The summed E-state index contributed by atoms with van der Waals surface area (Å²) < 4.78 is 0. The van der Waals surface area contributed by atoms with Gasteiger partial charge in [0.1, 0.15) is 0 Å². The molecule has 70 valence electrons. The first-order valence-electron chi connectivity index (χ1n) is 4.42. The first-order valence-corrected chi connectivity index (χ1v) is 5.30. The van der Waals surface area contributed by atoms with Gasteiger partial charge in [0.25, 0.3) is 0 Å². The van der Waals surface area contributed by atoms with Gasteiger partial charge >= 0.3 is 0 Å². The summed E-state index contributed by atoms with van der Waals surface area (Å²) in [5.41, 5.74) is 1.89. The molecule has 0 radical (unpaired) electrons. The molecule has 1 heterocycles. The van der Waals surface area contributed by atoms with Gasteiger partial charge in [0.05, 0.1) is 4.88 Å². The maximum atomic E-state index is 11.9. The van der Waals surface area contributed by atoms with Crippen LogP contribution in [0.3, 0.4) is 0 Å². The highest BCUT2D eigenvalue weighted by Gasteiger charge is 2.08. The lowest BCUT2D eigenvalue weighted by Gasteiger charge is -1.98. The van der Waals surface area contributed by atoms with Crippen LogP contribution in [0.15, 0.2) is 41.8 Å². The van der Waals surface area contributed by atoms with E-state index in [2.05, 4.69) is 0 Å². The molecule has 0 aliphatic rings. The predicted octanol–water partition coefficient (Wildman–Crippen LogP) is 3.29. The van der Waals surface area contributed by atoms with Crippen LogP contribution < -0.4 is 0 Å². The molecule has 0 atom stereocenters. The van der Waals surface area contributed by atoms with Gasteiger partial charge in [-0.15, -0.1) is 11.3 Å². The molecule has 2 rings (SSSR count). The summed E-state index contributed by atoms with van der Waals surface area (Å²) >= 11 is 1.48. The number of rotatable bonds is 2. The Morgan fingerprint density at radius 3 is 2.71 bits per heavy atom. The molecule has 0 spiro atoms. The van der Waals surface area contributed by atoms with Gasteiger partial charge in [-0.1, -0.05) is 29.8 Å². The van der Waals surface area contributed by atoms with E-state index in [9.17, 15) is 4.79 Å². The van der Waals surface area contributed by atoms with Gasteiger partial charge in [-0.3, -0.25) is 4.79 Å². The Bertz CT molecular complexity index is 443. The van der Waals surface area contributed by atoms with E-state index in [0.29, 0.717) is 0 Å². The molecule has 0 aliphatic carbocycles. The molecule has 0 fully saturated rings. The molecular formula is C12H10OS. The maximum absolute atomic E-state index is 11.9. The molecule has 1 nitrogen and oxygen atoms in total. The van der Waals surface area contributed by atoms with E-state index in [-0.39, 0.29) is 5.78 Å². The average molecular weight is 202 g/mol. The molecule has 0 saturated carbocycles. The lowest BCUT2D eigenvalue weighted by molar-refractivity contribution is 0.104. The number of aryl methyl sites for hydroxylation is 1. The zero-order valence-electron chi connectivity index (χ0n) is 7.86. The first-order chi connectivity index (χ1) is 6.77. The molecule has 1 aromatic heterocycles. The number of ketones is 1. The van der Waals surface area contributed by atoms with E-state index in [1.807, 2.05) is 48.7 Å². The minimum atomic E-state index is 0.115. The van der Waals surface area contributed by atoms with E-state index in [1.54, 1.807) is 0 Å². The predicted molar refractivity (Wildman–Crippen MR) is 58.9 cm³/mol. The SMILES string of the molecule is Cc1cccc(C(=O)c2cccs2)c1. The van der Waals surface area contributed by atoms with Crippen molar-refractivity contribution in [2.24, 2.45) is 0 Å². The van der Waals surface area contributed by atoms with Crippen molar-refractivity contribution in [3.8, 4) is 0 Å². The minimum absolute atomic E-state index is 0.115. The quantitative estimate of drug-likeness (QED) is 0.683. The smallest absolute Gasteiger partial charge is 0.202 e. The Kier molecular flexibility index (Phi) is 2.46. The fourth-order valence-corrected chi connectivity index (χ4v) is 2.02. The minimum Gasteiger partial charge on any atom is -0.288 e. The van der Waals surface area contributed by atoms with E-state index in [4.69, 9.17) is 0 Å². The summed E-state index contributed by atoms with van der Waals surface area (Å²) in [4.78, 5) is 12.7. The monoisotopic (exact) mass is 202 g/mol. The molecule has 0 bridgehead atoms. The van der Waals surface area contributed by atoms with Gasteiger partial charge in [0.2, 0.25) is 5.78 Å². The van der Waals surface area contributed by atoms with Crippen LogP contribution in [0.4, 0.5) is 0 Å². The van der Waals surface area contributed by atoms with Crippen molar-refractivity contribution in [2.75, 3.05) is 0 Å². The lowest BCUT2D eigenvalue weighted by Crippen LogP contribution is -1.98. The molecule has 1 aromatic carbocycles. The third-order valence-corrected chi connectivity index (χ3v) is 2.89. The maximum Gasteiger partial charge on any atom is 0.202 e. The van der Waals surface area contributed by atoms with E-state index >= 15 is 0 Å². The number of benzene rings is 1. The van der Waals surface area contributed by atoms with Crippen molar-refractivity contribution in [1.82, 2.24) is 0 Å². The molecule has 0 aliphatic heterocycles. The standard InChI is InChI=1S/C12H10OS/c1-9-4-2-5-10(8-9)12(13)11-6-3-7-14-11/h2-8H,1H3. The van der Waals surface area contributed by atoms with Gasteiger partial charge in [-0.05, 0) is 24.4 Å². The number of hydrogen-bond acceptors (Lipinski definition) is 2. The molecular weight excluding hydrogens is 192 g/mol. The lowest BCUT2D eigenvalue weighted by atomic mass is 10.1. The van der Waals surface area contributed by atoms with E-state index < -0.39 is 0 Å². The molecule has 0 amide bonds. The fourth-order valence-electron chi connectivity index (χ4n) is 1.34. The van der Waals surface area contributed by atoms with Crippen molar-refractivity contribution in [3.63, 3.8) is 0 Å². The normalized spacial score (nSPS) is 10.1. The Morgan fingerprint density at radius 2 is 2.07 bits per heavy atom. The Balaban J connectivity index is 2.37. The van der Waals surface area contributed by atoms with Gasteiger partial charge in [0, 0.05) is 5.56 Å². The van der Waals surface area contributed by atoms with Crippen LogP contribution in [0, 0.1) is 6.92 Å². The van der Waals surface area contributed by atoms with E-state index in [1.165, 1.54) is 11.3 Å². The van der Waals surface area contributed by atoms with Crippen molar-refractivity contribution in [1.29, 1.82) is 0 Å². The molecule has 0 saturated heterocycles. The highest BCUT2D eigenvalue weighted by molar-refractivity contribution is 7.12. The third kappa shape index (κ3) is 1.75. The molecule has 14 heavy (non-hydrogen) atoms. The van der Waals surface area contributed by atoms with Crippen LogP contribution in [-0.4, -0.2) is 5.78 Å². The van der Waals surface area contributed by atoms with Gasteiger partial charge in [-0.2, -0.15) is 0 Å². The van der Waals surface area contributed by atoms with Crippen LogP contribution in [0.5, 0.6) is 0 Å². The van der Waals surface area contributed by atoms with Gasteiger partial charge < -0.3 is 0 Å². The third-order valence-electron chi connectivity index (χ3n) is 2.03. The summed E-state index contributed by atoms with van der Waals surface area (Å²) in [5, 5.41) is 1.92. The Labute approximate surface area is 87.0 Å². The molecule has 0 N–H and O–H groups in total. The molecule has 0 unspecified atom stereocenters. The number of thiophene rings is 1. The molecule has 2 aromatic rings. The van der Waals surface area contributed by atoms with Crippen molar-refractivity contribution >= 4 is 17.1 Å². The summed E-state index contributed by atoms with van der Waals surface area (Å²) in [7, 11) is 0. The second-order valence-electron chi connectivity index (χ2n) is 3.18. The number of carbonyl (C=O) groups is 1. The van der Waals surface area contributed by atoms with E-state index in [0.717, 1.165) is 16.0 Å². The highest BCUT2D eigenvalue weighted by atomic mass is 32.1. The molecule has 2 heteroatoms. The zero-order valence-corrected chi connectivity index (χ0v) is 8.67. The summed E-state index contributed by atoms with van der Waals surface area (Å²) in [6.07, 6.45) is 0. The van der Waals surface area contributed by atoms with Crippen LogP contribution in [0.1, 0.15) is 20.8 Å². The average Bonchev–Trinajstić information content (AvgIpc) is 2.69. The van der Waals surface area contributed by atoms with Crippen LogP contribution in [0.2, 0.25) is 0 Å². The Hall–Kier alpha value is -1.41. The number of carbonyl (C=O) groups excluding carboxylic acids is 1. The van der Waals surface area contributed by atoms with Gasteiger partial charge in [0.15, 0.2) is 0 Å². The summed E-state index contributed by atoms with van der Waals surface area (Å²) in [5.74, 6) is 0.115. The highest BCUT2D eigenvalue weighted by Crippen LogP contribution is 2.15. The van der Waals surface area contributed by atoms with Crippen LogP contribution in [-0.2, 0) is 0 Å². The summed E-state index contributed by atoms with van der Waals surface area (Å²) in [6, 6.07) is 11.4. The fraction of sp³-hybridized carbons (Fsp3) is 0.0833. The largest absolute Gasteiger partial charge is 0.288 e. The van der Waals surface area contributed by atoms with Gasteiger partial charge in [-0.25, -0.2) is 0 Å². The van der Waals surface area contributed by atoms with Crippen LogP contribution >= 0.6 is 11.3 Å². The van der Waals surface area contributed by atoms with Crippen molar-refractivity contribution < 1.29 is 4.79 Å². The second-order valence-corrected chi connectivity index (χ2v) is 4.12. The Morgan fingerprint density at radius 1 is 1.21 bits per heavy atom. The van der Waals surface area contributed by atoms with Crippen molar-refractivity contribution in [3.05, 3.63) is 57.8 Å². The topological polar surface area (TPSA) is 17.1 Å². The first kappa shape index (κ1) is 9.16. The van der Waals surface area contributed by atoms with Crippen molar-refractivity contribution in [2.45, 2.75) is 6.92 Å². The second kappa shape index (κ2) is 3.76. The number of hydrogen-bond donors (Lipinski definition) is 0. The summed E-state index contributed by atoms with van der Waals surface area (Å²) in [6.45, 7) is 1.99.